The number of fused-ring (bicyclic) bond motifs is 2. The highest BCUT2D eigenvalue weighted by atomic mass is 35.5. The first kappa shape index (κ1) is 42.2. The molecule has 0 spiro atoms. The number of carboxylic acids is 1. The molecule has 6 aromatic rings. The average Bonchev–Trinajstić information content (AvgIpc) is 3.26. The number of pyridine rings is 1. The van der Waals surface area contributed by atoms with Crippen LogP contribution in [0.25, 0.3) is 11.1 Å². The number of nitrogens with one attached hydrogen (secondary N) is 1. The lowest BCUT2D eigenvalue weighted by Gasteiger charge is -2.37. The summed E-state index contributed by atoms with van der Waals surface area (Å²) in [5, 5.41) is 13.8. The van der Waals surface area contributed by atoms with Crippen LogP contribution in [0.4, 0.5) is 8.78 Å². The summed E-state index contributed by atoms with van der Waals surface area (Å²) in [4.78, 5) is 46.3. The lowest BCUT2D eigenvalue weighted by Crippen LogP contribution is -2.56. The van der Waals surface area contributed by atoms with Crippen LogP contribution in [-0.4, -0.2) is 51.5 Å². The topological polar surface area (TPSA) is 127 Å². The zero-order chi connectivity index (χ0) is 43.7. The molecule has 14 heteroatoms. The van der Waals surface area contributed by atoms with Crippen molar-refractivity contribution < 1.29 is 42.5 Å². The number of nitrogens with zero attached hydrogens (tertiary/aromatic N) is 2. The number of carbonyl (C=O) groups is 3. The molecule has 2 amide bonds. The number of carboxylic acid groups (broad SMARTS) is 1. The van der Waals surface area contributed by atoms with Crippen LogP contribution in [-0.2, 0) is 35.6 Å². The predicted molar refractivity (Wildman–Crippen MR) is 229 cm³/mol. The van der Waals surface area contributed by atoms with Gasteiger partial charge in [0, 0.05) is 42.9 Å². The lowest BCUT2D eigenvalue weighted by atomic mass is 9.91. The summed E-state index contributed by atoms with van der Waals surface area (Å²) in [6.07, 6.45) is 1.15. The van der Waals surface area contributed by atoms with Crippen molar-refractivity contribution >= 4 is 41.0 Å². The van der Waals surface area contributed by atoms with E-state index in [9.17, 15) is 28.3 Å². The SMILES string of the molecule is Cc1nccc(-c2ccc(CC(NC(=O)C3Cc4cc5c(cc4CN3C(=O)c3cc(F)cc(F)c3)OC(c3ccc(OCc4ccc(Cl)c(Cl)c4)cc3)CO5)C(=O)O)cc2)c1C. The number of carbonyl (C=O) groups excluding carboxylic acids is 2. The van der Waals surface area contributed by atoms with Crippen molar-refractivity contribution in [3.63, 3.8) is 0 Å². The number of amides is 2. The van der Waals surface area contributed by atoms with Gasteiger partial charge in [-0.2, -0.15) is 0 Å². The molecule has 0 aliphatic carbocycles. The third-order valence-electron chi connectivity index (χ3n) is 11.1. The maximum absolute atomic E-state index is 14.4. The van der Waals surface area contributed by atoms with Gasteiger partial charge in [0.2, 0.25) is 5.91 Å². The van der Waals surface area contributed by atoms with E-state index in [2.05, 4.69) is 10.3 Å². The van der Waals surface area contributed by atoms with Gasteiger partial charge in [0.15, 0.2) is 17.6 Å². The van der Waals surface area contributed by atoms with Crippen molar-refractivity contribution in [2.45, 2.75) is 58.0 Å². The molecular formula is C48H39Cl2F2N3O7. The molecule has 3 atom stereocenters. The highest BCUT2D eigenvalue weighted by molar-refractivity contribution is 6.42. The third-order valence-corrected chi connectivity index (χ3v) is 11.9. The standard InChI is InChI=1S/C48H39Cl2F2N3O7/c1-26-27(2)53-14-13-38(26)30-6-3-28(4-7-30)16-41(48(58)59)54-46(56)42-19-32-20-43-44(21-34(32)23-55(42)47(57)33-17-35(51)22-36(52)18-33)62-45(25-61-43)31-8-10-37(11-9-31)60-24-29-5-12-39(49)40(50)15-29/h3-15,17-18,20-22,41-42,45H,16,19,23-25H2,1-2H3,(H,54,56)(H,58,59). The molecule has 0 saturated carbocycles. The van der Waals surface area contributed by atoms with Gasteiger partial charge in [-0.15, -0.1) is 0 Å². The zero-order valence-electron chi connectivity index (χ0n) is 33.5. The first-order valence-electron chi connectivity index (χ1n) is 19.7. The van der Waals surface area contributed by atoms with Crippen molar-refractivity contribution in [2.24, 2.45) is 0 Å². The molecule has 0 radical (unpaired) electrons. The van der Waals surface area contributed by atoms with Gasteiger partial charge < -0.3 is 29.5 Å². The van der Waals surface area contributed by atoms with Crippen LogP contribution in [0.5, 0.6) is 17.2 Å². The van der Waals surface area contributed by atoms with Gasteiger partial charge in [-0.25, -0.2) is 13.6 Å². The molecule has 62 heavy (non-hydrogen) atoms. The van der Waals surface area contributed by atoms with Gasteiger partial charge in [-0.3, -0.25) is 14.6 Å². The molecule has 2 N–H and O–H groups in total. The third kappa shape index (κ3) is 9.21. The second-order valence-corrected chi connectivity index (χ2v) is 16.1. The fourth-order valence-electron chi connectivity index (χ4n) is 7.66. The van der Waals surface area contributed by atoms with Gasteiger partial charge in [0.1, 0.15) is 42.7 Å². The van der Waals surface area contributed by atoms with Crippen molar-refractivity contribution in [3.05, 3.63) is 176 Å². The van der Waals surface area contributed by atoms with Gasteiger partial charge in [-0.1, -0.05) is 65.7 Å². The van der Waals surface area contributed by atoms with Gasteiger partial charge in [0.05, 0.1) is 10.0 Å². The first-order valence-corrected chi connectivity index (χ1v) is 20.5. The quantitative estimate of drug-likeness (QED) is 0.132. The summed E-state index contributed by atoms with van der Waals surface area (Å²) < 4.78 is 47.3. The fraction of sp³-hybridized carbons (Fsp3) is 0.208. The maximum Gasteiger partial charge on any atom is 0.326 e. The van der Waals surface area contributed by atoms with Crippen LogP contribution in [0.1, 0.15) is 55.5 Å². The number of aliphatic carboxylic acids is 1. The lowest BCUT2D eigenvalue weighted by molar-refractivity contribution is -0.142. The summed E-state index contributed by atoms with van der Waals surface area (Å²) in [6.45, 7) is 4.23. The maximum atomic E-state index is 14.4. The Morgan fingerprint density at radius 1 is 0.871 bits per heavy atom. The number of halogens is 4. The fourth-order valence-corrected chi connectivity index (χ4v) is 7.98. The minimum atomic E-state index is -1.36. The Balaban J connectivity index is 1.00. The minimum absolute atomic E-state index is 0.0415. The molecule has 3 unspecified atom stereocenters. The van der Waals surface area contributed by atoms with E-state index in [1.54, 1.807) is 42.6 Å². The highest BCUT2D eigenvalue weighted by Gasteiger charge is 2.38. The first-order chi connectivity index (χ1) is 29.8. The van der Waals surface area contributed by atoms with E-state index in [1.807, 2.05) is 62.4 Å². The molecule has 8 rings (SSSR count). The number of rotatable bonds is 11. The van der Waals surface area contributed by atoms with E-state index in [0.29, 0.717) is 50.1 Å². The minimum Gasteiger partial charge on any atom is -0.489 e. The molecule has 2 aliphatic rings. The van der Waals surface area contributed by atoms with E-state index >= 15 is 0 Å². The normalized spacial score (nSPS) is 15.9. The molecule has 2 aliphatic heterocycles. The summed E-state index contributed by atoms with van der Waals surface area (Å²) in [7, 11) is 0. The van der Waals surface area contributed by atoms with Crippen molar-refractivity contribution in [1.82, 2.24) is 15.2 Å². The number of benzene rings is 5. The Bertz CT molecular complexity index is 2680. The van der Waals surface area contributed by atoms with E-state index in [-0.39, 0.29) is 38.2 Å². The van der Waals surface area contributed by atoms with Crippen molar-refractivity contribution in [3.8, 4) is 28.4 Å². The van der Waals surface area contributed by atoms with Crippen LogP contribution in [0.3, 0.4) is 0 Å². The molecule has 1 aromatic heterocycles. The Morgan fingerprint density at radius 2 is 1.58 bits per heavy atom. The zero-order valence-corrected chi connectivity index (χ0v) is 35.0. The Kier molecular flexibility index (Phi) is 12.1. The summed E-state index contributed by atoms with van der Waals surface area (Å²) >= 11 is 12.2. The van der Waals surface area contributed by atoms with E-state index in [0.717, 1.165) is 45.6 Å². The molecule has 316 valence electrons. The van der Waals surface area contributed by atoms with Crippen molar-refractivity contribution in [2.75, 3.05) is 6.61 Å². The Hall–Kier alpha value is -6.50. The van der Waals surface area contributed by atoms with Crippen LogP contribution in [0.2, 0.25) is 10.0 Å². The molecule has 0 bridgehead atoms. The Morgan fingerprint density at radius 3 is 2.29 bits per heavy atom. The molecule has 10 nitrogen and oxygen atoms in total. The van der Waals surface area contributed by atoms with E-state index < -0.39 is 47.6 Å². The average molecular weight is 879 g/mol. The smallest absolute Gasteiger partial charge is 0.326 e. The number of hydrogen-bond donors (Lipinski definition) is 2. The molecule has 0 saturated heterocycles. The van der Waals surface area contributed by atoms with Gasteiger partial charge >= 0.3 is 5.97 Å². The molecule has 3 heterocycles. The monoisotopic (exact) mass is 877 g/mol. The highest BCUT2D eigenvalue weighted by Crippen LogP contribution is 2.41. The van der Waals surface area contributed by atoms with E-state index in [4.69, 9.17) is 37.4 Å². The molecule has 0 fully saturated rings. The summed E-state index contributed by atoms with van der Waals surface area (Å²) in [5.41, 5.74) is 7.17. The number of ether oxygens (including phenoxy) is 3. The summed E-state index contributed by atoms with van der Waals surface area (Å²) in [5.74, 6) is -3.30. The Labute approximate surface area is 366 Å². The second kappa shape index (κ2) is 17.8. The predicted octanol–water partition coefficient (Wildman–Crippen LogP) is 9.42. The number of aromatic nitrogens is 1. The van der Waals surface area contributed by atoms with Gasteiger partial charge in [-0.05, 0) is 113 Å². The number of aryl methyl sites for hydroxylation is 1. The number of hydrogen-bond acceptors (Lipinski definition) is 7. The van der Waals surface area contributed by atoms with Gasteiger partial charge in [0.25, 0.3) is 5.91 Å². The molecular weight excluding hydrogens is 839 g/mol. The molecule has 5 aromatic carbocycles. The second-order valence-electron chi connectivity index (χ2n) is 15.3. The van der Waals surface area contributed by atoms with Crippen LogP contribution < -0.4 is 19.5 Å². The van der Waals surface area contributed by atoms with Crippen molar-refractivity contribution in [1.29, 1.82) is 0 Å². The summed E-state index contributed by atoms with van der Waals surface area (Å²) in [6, 6.07) is 25.3. The van der Waals surface area contributed by atoms with Crippen LogP contribution in [0.15, 0.2) is 109 Å². The van der Waals surface area contributed by atoms with Crippen LogP contribution in [0, 0.1) is 25.5 Å². The van der Waals surface area contributed by atoms with Crippen LogP contribution >= 0.6 is 23.2 Å². The largest absolute Gasteiger partial charge is 0.489 e. The van der Waals surface area contributed by atoms with E-state index in [1.165, 1.54) is 4.90 Å².